The Labute approximate surface area is 178 Å². The molecule has 4 rings (SSSR count). The molecule has 3 aliphatic rings. The maximum absolute atomic E-state index is 12.9. The summed E-state index contributed by atoms with van der Waals surface area (Å²) in [7, 11) is 0. The summed E-state index contributed by atoms with van der Waals surface area (Å²) >= 11 is 0. The van der Waals surface area contributed by atoms with Crippen molar-refractivity contribution >= 4 is 24.2 Å². The van der Waals surface area contributed by atoms with Gasteiger partial charge in [-0.3, -0.25) is 19.6 Å². The van der Waals surface area contributed by atoms with Gasteiger partial charge in [0.1, 0.15) is 0 Å². The average Bonchev–Trinajstić information content (AvgIpc) is 3.11. The van der Waals surface area contributed by atoms with E-state index < -0.39 is 0 Å². The normalized spacial score (nSPS) is 25.3. The molecule has 1 aromatic rings. The smallest absolute Gasteiger partial charge is 0.274 e. The number of halogens is 1. The molecule has 0 saturated carbocycles. The van der Waals surface area contributed by atoms with E-state index in [1.54, 1.807) is 0 Å². The van der Waals surface area contributed by atoms with Gasteiger partial charge < -0.3 is 15.1 Å². The number of nitrogens with one attached hydrogen (secondary N) is 2. The van der Waals surface area contributed by atoms with E-state index in [0.29, 0.717) is 43.7 Å². The van der Waals surface area contributed by atoms with Gasteiger partial charge in [0.2, 0.25) is 5.91 Å². The number of aromatic amines is 1. The van der Waals surface area contributed by atoms with Gasteiger partial charge in [-0.15, -0.1) is 12.4 Å². The van der Waals surface area contributed by atoms with Crippen molar-refractivity contribution < 1.29 is 9.59 Å². The van der Waals surface area contributed by atoms with E-state index in [1.807, 2.05) is 9.80 Å². The molecule has 0 aromatic carbocycles. The summed E-state index contributed by atoms with van der Waals surface area (Å²) < 4.78 is 0. The van der Waals surface area contributed by atoms with Gasteiger partial charge in [0.25, 0.3) is 5.91 Å². The van der Waals surface area contributed by atoms with Crippen molar-refractivity contribution in [3.63, 3.8) is 0 Å². The number of nitrogens with zero attached hydrogens (tertiary/aromatic N) is 4. The second-order valence-corrected chi connectivity index (χ2v) is 8.77. The maximum atomic E-state index is 12.9. The van der Waals surface area contributed by atoms with Crippen LogP contribution in [0.4, 0.5) is 0 Å². The Morgan fingerprint density at radius 1 is 1.07 bits per heavy atom. The highest BCUT2D eigenvalue weighted by Crippen LogP contribution is 2.21. The topological polar surface area (TPSA) is 84.6 Å². The van der Waals surface area contributed by atoms with Crippen LogP contribution in [0.5, 0.6) is 0 Å². The van der Waals surface area contributed by atoms with Crippen LogP contribution in [0, 0.1) is 11.8 Å². The lowest BCUT2D eigenvalue weighted by atomic mass is 9.92. The number of likely N-dealkylation sites (tertiary alicyclic amines) is 1. The molecule has 0 aliphatic carbocycles. The molecular weight excluding hydrogens is 392 g/mol. The van der Waals surface area contributed by atoms with Crippen LogP contribution in [0.3, 0.4) is 0 Å². The van der Waals surface area contributed by atoms with Gasteiger partial charge in [-0.2, -0.15) is 5.10 Å². The number of amides is 2. The largest absolute Gasteiger partial charge is 0.341 e. The van der Waals surface area contributed by atoms with Gasteiger partial charge >= 0.3 is 0 Å². The minimum atomic E-state index is 0. The van der Waals surface area contributed by atoms with Crippen LogP contribution in [-0.2, 0) is 17.8 Å². The van der Waals surface area contributed by atoms with E-state index in [-0.39, 0.29) is 24.2 Å². The van der Waals surface area contributed by atoms with Gasteiger partial charge in [0, 0.05) is 70.0 Å². The van der Waals surface area contributed by atoms with Crippen LogP contribution < -0.4 is 5.32 Å². The van der Waals surface area contributed by atoms with Crippen LogP contribution in [-0.4, -0.2) is 89.1 Å². The van der Waals surface area contributed by atoms with Crippen molar-refractivity contribution in [2.24, 2.45) is 11.8 Å². The van der Waals surface area contributed by atoms with Crippen molar-refractivity contribution in [2.45, 2.75) is 33.2 Å². The molecule has 8 nitrogen and oxygen atoms in total. The molecule has 0 radical (unpaired) electrons. The van der Waals surface area contributed by atoms with E-state index in [4.69, 9.17) is 0 Å². The third-order valence-electron chi connectivity index (χ3n) is 6.25. The van der Waals surface area contributed by atoms with Gasteiger partial charge in [0.05, 0.1) is 6.54 Å². The number of aromatic nitrogens is 2. The zero-order chi connectivity index (χ0) is 19.7. The fourth-order valence-electron chi connectivity index (χ4n) is 4.82. The number of piperazine rings is 1. The van der Waals surface area contributed by atoms with E-state index in [1.165, 1.54) is 6.42 Å². The maximum Gasteiger partial charge on any atom is 0.274 e. The first-order valence-electron chi connectivity index (χ1n) is 10.6. The van der Waals surface area contributed by atoms with Crippen molar-refractivity contribution in [1.29, 1.82) is 0 Å². The Bertz CT molecular complexity index is 721. The summed E-state index contributed by atoms with van der Waals surface area (Å²) in [5.74, 6) is 1.39. The predicted octanol–water partition coefficient (Wildman–Crippen LogP) is 0.740. The lowest BCUT2D eigenvalue weighted by Crippen LogP contribution is -2.53. The second-order valence-electron chi connectivity index (χ2n) is 8.77. The lowest BCUT2D eigenvalue weighted by Gasteiger charge is -2.38. The van der Waals surface area contributed by atoms with Gasteiger partial charge in [0.15, 0.2) is 5.69 Å². The van der Waals surface area contributed by atoms with Crippen molar-refractivity contribution in [1.82, 2.24) is 30.2 Å². The van der Waals surface area contributed by atoms with Gasteiger partial charge in [-0.05, 0) is 18.3 Å². The highest BCUT2D eigenvalue weighted by atomic mass is 35.5. The molecule has 0 spiro atoms. The summed E-state index contributed by atoms with van der Waals surface area (Å²) in [6, 6.07) is 0. The average molecular weight is 425 g/mol. The molecule has 4 heterocycles. The number of carbonyl (C=O) groups excluding carboxylic acids is 2. The molecule has 2 amide bonds. The number of hydrogen-bond acceptors (Lipinski definition) is 5. The molecule has 1 aromatic heterocycles. The zero-order valence-electron chi connectivity index (χ0n) is 17.4. The highest BCUT2D eigenvalue weighted by Gasteiger charge is 2.30. The fraction of sp³-hybridized carbons (Fsp3) is 0.750. The number of carbonyl (C=O) groups is 2. The van der Waals surface area contributed by atoms with E-state index in [0.717, 1.165) is 50.4 Å². The summed E-state index contributed by atoms with van der Waals surface area (Å²) in [6.45, 7) is 11.1. The van der Waals surface area contributed by atoms with Crippen LogP contribution in [0.2, 0.25) is 0 Å². The highest BCUT2D eigenvalue weighted by molar-refractivity contribution is 5.94. The number of hydrogen-bond donors (Lipinski definition) is 2. The van der Waals surface area contributed by atoms with E-state index in [9.17, 15) is 9.59 Å². The number of H-pyrrole nitrogens is 1. The molecule has 2 atom stereocenters. The molecule has 162 valence electrons. The fourth-order valence-corrected chi connectivity index (χ4v) is 4.82. The number of rotatable bonds is 3. The van der Waals surface area contributed by atoms with E-state index >= 15 is 0 Å². The molecule has 2 saturated heterocycles. The van der Waals surface area contributed by atoms with Crippen LogP contribution in [0.25, 0.3) is 0 Å². The molecule has 0 bridgehead atoms. The minimum absolute atomic E-state index is 0. The molecule has 2 unspecified atom stereocenters. The third kappa shape index (κ3) is 4.92. The second kappa shape index (κ2) is 9.45. The summed E-state index contributed by atoms with van der Waals surface area (Å²) in [4.78, 5) is 31.7. The van der Waals surface area contributed by atoms with Crippen LogP contribution in [0.1, 0.15) is 42.0 Å². The Kier molecular flexibility index (Phi) is 7.19. The predicted molar refractivity (Wildman–Crippen MR) is 113 cm³/mol. The Morgan fingerprint density at radius 2 is 1.76 bits per heavy atom. The zero-order valence-corrected chi connectivity index (χ0v) is 18.3. The summed E-state index contributed by atoms with van der Waals surface area (Å²) in [5, 5.41) is 10.6. The SMILES string of the molecule is CC1CC(C)CN(C(=O)CN2CCN(C(=O)c3n[nH]c4c3CNCC4)CC2)C1.Cl. The Morgan fingerprint density at radius 3 is 2.45 bits per heavy atom. The molecule has 2 N–H and O–H groups in total. The first-order valence-corrected chi connectivity index (χ1v) is 10.6. The van der Waals surface area contributed by atoms with Crippen LogP contribution >= 0.6 is 12.4 Å². The van der Waals surface area contributed by atoms with Crippen molar-refractivity contribution in [3.8, 4) is 0 Å². The summed E-state index contributed by atoms with van der Waals surface area (Å²) in [6.07, 6.45) is 2.09. The number of piperidine rings is 1. The van der Waals surface area contributed by atoms with Crippen LogP contribution in [0.15, 0.2) is 0 Å². The lowest BCUT2D eigenvalue weighted by molar-refractivity contribution is -0.135. The standard InChI is InChI=1S/C20H32N6O2.ClH/c1-14-9-15(2)12-26(11-14)18(27)13-24-5-7-25(8-6-24)20(28)19-16-10-21-4-3-17(16)22-23-19;/h14-15,21H,3-13H2,1-2H3,(H,22,23);1H. The first-order chi connectivity index (χ1) is 13.5. The first kappa shape index (κ1) is 22.1. The number of fused-ring (bicyclic) bond motifs is 1. The van der Waals surface area contributed by atoms with Crippen molar-refractivity contribution in [3.05, 3.63) is 17.0 Å². The third-order valence-corrected chi connectivity index (χ3v) is 6.25. The summed E-state index contributed by atoms with van der Waals surface area (Å²) in [5.41, 5.74) is 2.65. The van der Waals surface area contributed by atoms with Crippen molar-refractivity contribution in [2.75, 3.05) is 52.4 Å². The quantitative estimate of drug-likeness (QED) is 0.747. The molecule has 9 heteroatoms. The Balaban J connectivity index is 0.00000240. The van der Waals surface area contributed by atoms with E-state index in [2.05, 4.69) is 34.3 Å². The molecule has 2 fully saturated rings. The Hall–Kier alpha value is -1.64. The van der Waals surface area contributed by atoms with Gasteiger partial charge in [-0.1, -0.05) is 13.8 Å². The minimum Gasteiger partial charge on any atom is -0.341 e. The molecule has 29 heavy (non-hydrogen) atoms. The monoisotopic (exact) mass is 424 g/mol. The van der Waals surface area contributed by atoms with Gasteiger partial charge in [-0.25, -0.2) is 0 Å². The molecule has 3 aliphatic heterocycles. The molecular formula is C20H33ClN6O2.